The first-order valence-corrected chi connectivity index (χ1v) is 12.9. The molecule has 0 atom stereocenters. The highest BCUT2D eigenvalue weighted by Gasteiger charge is 2.28. The minimum absolute atomic E-state index is 0.171. The molecule has 6 heteroatoms. The minimum atomic E-state index is 0.171. The van der Waals surface area contributed by atoms with E-state index in [4.69, 9.17) is 14.7 Å². The van der Waals surface area contributed by atoms with Gasteiger partial charge >= 0.3 is 0 Å². The number of benzene rings is 3. The van der Waals surface area contributed by atoms with Crippen molar-refractivity contribution in [1.29, 1.82) is 10.5 Å². The molecule has 37 heavy (non-hydrogen) atoms. The van der Waals surface area contributed by atoms with E-state index in [9.17, 15) is 5.26 Å². The maximum atomic E-state index is 10.2. The molecule has 1 N–H and O–H groups in total. The molecule has 2 aliphatic rings. The molecule has 4 aromatic rings. The molecule has 0 amide bonds. The average molecular weight is 489 g/mol. The number of ether oxygens (including phenoxy) is 2. The molecule has 6 nitrogen and oxygen atoms in total. The first kappa shape index (κ1) is 23.2. The summed E-state index contributed by atoms with van der Waals surface area (Å²) in [6.07, 6.45) is 5.41. The van der Waals surface area contributed by atoms with E-state index in [0.717, 1.165) is 78.2 Å². The molecule has 184 valence electrons. The Labute approximate surface area is 216 Å². The molecule has 1 aromatic heterocycles. The van der Waals surface area contributed by atoms with Crippen LogP contribution in [0.1, 0.15) is 49.3 Å². The zero-order chi connectivity index (χ0) is 25.2. The summed E-state index contributed by atoms with van der Waals surface area (Å²) in [7, 11) is 0. The van der Waals surface area contributed by atoms with Gasteiger partial charge in [-0.3, -0.25) is 0 Å². The number of nitrogens with one attached hydrogen (secondary N) is 1. The summed E-state index contributed by atoms with van der Waals surface area (Å²) in [6, 6.07) is 26.8. The topological polar surface area (TPSA) is 83.0 Å². The number of hydrogen-bond donors (Lipinski definition) is 1. The van der Waals surface area contributed by atoms with Crippen LogP contribution in [0.2, 0.25) is 0 Å². The van der Waals surface area contributed by atoms with E-state index in [2.05, 4.69) is 40.2 Å². The number of anilines is 2. The summed E-state index contributed by atoms with van der Waals surface area (Å²) in [4.78, 5) is 0. The van der Waals surface area contributed by atoms with Crippen LogP contribution in [0.4, 0.5) is 11.4 Å². The molecule has 2 heterocycles. The number of nitrogens with zero attached hydrogens (tertiary/aromatic N) is 3. The van der Waals surface area contributed by atoms with E-state index in [-0.39, 0.29) is 6.10 Å². The molecule has 6 rings (SSSR count). The van der Waals surface area contributed by atoms with Crippen LogP contribution in [0.3, 0.4) is 0 Å². The molecular formula is C31H28N4O2. The van der Waals surface area contributed by atoms with Crippen LogP contribution in [0.25, 0.3) is 22.2 Å². The normalized spacial score (nSPS) is 16.1. The molecule has 3 aromatic carbocycles. The van der Waals surface area contributed by atoms with Gasteiger partial charge in [-0.2, -0.15) is 10.5 Å². The van der Waals surface area contributed by atoms with E-state index in [0.29, 0.717) is 17.2 Å². The zero-order valence-electron chi connectivity index (χ0n) is 20.6. The standard InChI is InChI=1S/C31H28N4O2/c32-19-21-4-8-23(9-5-21)34-24-10-6-22(7-11-24)31-29(20-33)28-13-12-27(37-26-14-16-36-17-15-26)18-30(28)35(31)25-2-1-3-25/h4-13,18,25-26,34H,1-3,14-17H2. The highest BCUT2D eigenvalue weighted by Crippen LogP contribution is 2.43. The Morgan fingerprint density at radius 3 is 2.16 bits per heavy atom. The molecule has 1 saturated carbocycles. The van der Waals surface area contributed by atoms with Crippen molar-refractivity contribution in [3.05, 3.63) is 77.9 Å². The summed E-state index contributed by atoms with van der Waals surface area (Å²) in [6.45, 7) is 1.48. The third kappa shape index (κ3) is 4.53. The van der Waals surface area contributed by atoms with Gasteiger partial charge in [-0.05, 0) is 73.4 Å². The predicted molar refractivity (Wildman–Crippen MR) is 144 cm³/mol. The van der Waals surface area contributed by atoms with Gasteiger partial charge in [0.2, 0.25) is 0 Å². The number of hydrogen-bond acceptors (Lipinski definition) is 5. The Bertz CT molecular complexity index is 1500. The number of fused-ring (bicyclic) bond motifs is 1. The predicted octanol–water partition coefficient (Wildman–Crippen LogP) is 7.08. The van der Waals surface area contributed by atoms with E-state index in [1.54, 1.807) is 12.1 Å². The van der Waals surface area contributed by atoms with Gasteiger partial charge in [-0.1, -0.05) is 12.1 Å². The van der Waals surface area contributed by atoms with Crippen molar-refractivity contribution in [2.24, 2.45) is 0 Å². The molecule has 1 saturated heterocycles. The molecule has 0 spiro atoms. The molecular weight excluding hydrogens is 460 g/mol. The SMILES string of the molecule is N#Cc1ccc(Nc2ccc(-c3c(C#N)c4ccc(OC5CCOCC5)cc4n3C3CCC3)cc2)cc1. The quantitative estimate of drug-likeness (QED) is 0.314. The van der Waals surface area contributed by atoms with Gasteiger partial charge in [0.1, 0.15) is 17.9 Å². The van der Waals surface area contributed by atoms with Crippen molar-refractivity contribution >= 4 is 22.3 Å². The largest absolute Gasteiger partial charge is 0.490 e. The lowest BCUT2D eigenvalue weighted by Crippen LogP contribution is -2.25. The molecule has 0 radical (unpaired) electrons. The van der Waals surface area contributed by atoms with Crippen LogP contribution < -0.4 is 10.1 Å². The van der Waals surface area contributed by atoms with Gasteiger partial charge in [0, 0.05) is 41.7 Å². The maximum Gasteiger partial charge on any atom is 0.121 e. The van der Waals surface area contributed by atoms with Crippen LogP contribution in [-0.2, 0) is 4.74 Å². The summed E-state index contributed by atoms with van der Waals surface area (Å²) < 4.78 is 14.2. The Morgan fingerprint density at radius 1 is 0.838 bits per heavy atom. The molecule has 1 aliphatic carbocycles. The van der Waals surface area contributed by atoms with Crippen LogP contribution in [0.15, 0.2) is 66.7 Å². The Balaban J connectivity index is 1.36. The number of rotatable bonds is 6. The second kappa shape index (κ2) is 10.0. The summed E-state index contributed by atoms with van der Waals surface area (Å²) in [5, 5.41) is 23.6. The van der Waals surface area contributed by atoms with Crippen LogP contribution >= 0.6 is 0 Å². The molecule has 2 fully saturated rings. The average Bonchev–Trinajstić information content (AvgIpc) is 3.22. The lowest BCUT2D eigenvalue weighted by Gasteiger charge is -2.30. The van der Waals surface area contributed by atoms with Crippen LogP contribution in [0, 0.1) is 22.7 Å². The van der Waals surface area contributed by atoms with E-state index in [1.165, 1.54) is 6.42 Å². The smallest absolute Gasteiger partial charge is 0.121 e. The van der Waals surface area contributed by atoms with E-state index >= 15 is 0 Å². The Hall–Kier alpha value is -4.26. The highest BCUT2D eigenvalue weighted by atomic mass is 16.5. The molecule has 1 aliphatic heterocycles. The van der Waals surface area contributed by atoms with Gasteiger partial charge < -0.3 is 19.4 Å². The van der Waals surface area contributed by atoms with Crippen molar-refractivity contribution in [1.82, 2.24) is 4.57 Å². The highest BCUT2D eigenvalue weighted by molar-refractivity contribution is 5.95. The van der Waals surface area contributed by atoms with Crippen molar-refractivity contribution < 1.29 is 9.47 Å². The molecule has 0 bridgehead atoms. The lowest BCUT2D eigenvalue weighted by molar-refractivity contribution is 0.0256. The zero-order valence-corrected chi connectivity index (χ0v) is 20.6. The van der Waals surface area contributed by atoms with Crippen LogP contribution in [0.5, 0.6) is 5.75 Å². The maximum absolute atomic E-state index is 10.2. The van der Waals surface area contributed by atoms with Gasteiger partial charge in [-0.25, -0.2) is 0 Å². The third-order valence-electron chi connectivity index (χ3n) is 7.46. The monoisotopic (exact) mass is 488 g/mol. The first-order valence-electron chi connectivity index (χ1n) is 12.9. The summed E-state index contributed by atoms with van der Waals surface area (Å²) >= 11 is 0. The van der Waals surface area contributed by atoms with Crippen molar-refractivity contribution in [2.75, 3.05) is 18.5 Å². The van der Waals surface area contributed by atoms with E-state index < -0.39 is 0 Å². The van der Waals surface area contributed by atoms with Gasteiger partial charge in [0.25, 0.3) is 0 Å². The summed E-state index contributed by atoms with van der Waals surface area (Å²) in [5.41, 5.74) is 6.30. The first-order chi connectivity index (χ1) is 18.2. The minimum Gasteiger partial charge on any atom is -0.490 e. The fourth-order valence-corrected chi connectivity index (χ4v) is 5.28. The van der Waals surface area contributed by atoms with Crippen molar-refractivity contribution in [3.8, 4) is 29.1 Å². The third-order valence-corrected chi connectivity index (χ3v) is 7.46. The summed E-state index contributed by atoms with van der Waals surface area (Å²) in [5.74, 6) is 0.857. The lowest BCUT2D eigenvalue weighted by atomic mass is 9.92. The van der Waals surface area contributed by atoms with Crippen LogP contribution in [-0.4, -0.2) is 23.9 Å². The second-order valence-electron chi connectivity index (χ2n) is 9.79. The fraction of sp³-hybridized carbons (Fsp3) is 0.290. The fourth-order valence-electron chi connectivity index (χ4n) is 5.28. The van der Waals surface area contributed by atoms with Gasteiger partial charge in [-0.15, -0.1) is 0 Å². The van der Waals surface area contributed by atoms with E-state index in [1.807, 2.05) is 36.4 Å². The molecule has 0 unspecified atom stereocenters. The number of aromatic nitrogens is 1. The van der Waals surface area contributed by atoms with Gasteiger partial charge in [0.05, 0.1) is 41.6 Å². The second-order valence-corrected chi connectivity index (χ2v) is 9.79. The Morgan fingerprint density at radius 2 is 1.54 bits per heavy atom. The Kier molecular flexibility index (Phi) is 6.26. The number of nitriles is 2. The van der Waals surface area contributed by atoms with Gasteiger partial charge in [0.15, 0.2) is 0 Å². The van der Waals surface area contributed by atoms with Crippen molar-refractivity contribution in [2.45, 2.75) is 44.2 Å². The van der Waals surface area contributed by atoms with Crippen molar-refractivity contribution in [3.63, 3.8) is 0 Å².